The molecule has 4 aromatic rings. The highest BCUT2D eigenvalue weighted by Crippen LogP contribution is 2.26. The van der Waals surface area contributed by atoms with Gasteiger partial charge < -0.3 is 21.1 Å². The Morgan fingerprint density at radius 1 is 1.00 bits per heavy atom. The molecule has 0 fully saturated rings. The molecule has 160 valence electrons. The molecule has 8 heteroatoms. The van der Waals surface area contributed by atoms with Gasteiger partial charge in [0.1, 0.15) is 11.4 Å². The number of hydrogen-bond donors (Lipinski definition) is 4. The van der Waals surface area contributed by atoms with E-state index in [0.717, 1.165) is 10.9 Å². The Hall–Kier alpha value is -4.59. The van der Waals surface area contributed by atoms with Crippen LogP contribution in [0.4, 0.5) is 11.4 Å². The Morgan fingerprint density at radius 2 is 1.69 bits per heavy atom. The molecule has 3 aromatic carbocycles. The van der Waals surface area contributed by atoms with Gasteiger partial charge >= 0.3 is 0 Å². The number of aromatic amines is 1. The second-order valence-corrected chi connectivity index (χ2v) is 6.92. The molecular weight excluding hydrogens is 406 g/mol. The zero-order valence-electron chi connectivity index (χ0n) is 17.3. The highest BCUT2D eigenvalue weighted by Gasteiger charge is 2.10. The number of fused-ring (bicyclic) bond motifs is 1. The third-order valence-corrected chi connectivity index (χ3v) is 4.86. The molecule has 0 unspecified atom stereocenters. The highest BCUT2D eigenvalue weighted by molar-refractivity contribution is 6.03. The Morgan fingerprint density at radius 3 is 2.44 bits per heavy atom. The third kappa shape index (κ3) is 4.29. The van der Waals surface area contributed by atoms with Crippen molar-refractivity contribution in [1.82, 2.24) is 10.2 Å². The summed E-state index contributed by atoms with van der Waals surface area (Å²) in [7, 11) is 1.56. The standard InChI is InChI=1S/C24H21N5O3/c1-32-21-9-5-4-8-20(21)26-14-19(25)24(31)27-16-12-10-15(11-13-16)22-17-6-2-3-7-18(17)23(30)29-28-22/h2-14,26H,25H2,1H3,(H,27,31)(H,29,30)/b19-14-. The SMILES string of the molecule is COc1ccccc1N/C=C(\N)C(=O)Nc1ccc(-c2n[nH]c(=O)c3ccccc23)cc1. The summed E-state index contributed by atoms with van der Waals surface area (Å²) in [5.74, 6) is 0.184. The van der Waals surface area contributed by atoms with E-state index in [1.165, 1.54) is 6.20 Å². The van der Waals surface area contributed by atoms with Gasteiger partial charge in [0.05, 0.1) is 23.9 Å². The van der Waals surface area contributed by atoms with Gasteiger partial charge in [-0.2, -0.15) is 5.10 Å². The molecule has 8 nitrogen and oxygen atoms in total. The van der Waals surface area contributed by atoms with Crippen LogP contribution in [0.3, 0.4) is 0 Å². The minimum absolute atomic E-state index is 0.00766. The first-order valence-electron chi connectivity index (χ1n) is 9.81. The van der Waals surface area contributed by atoms with Crippen molar-refractivity contribution in [2.75, 3.05) is 17.7 Å². The number of nitrogens with zero attached hydrogens (tertiary/aromatic N) is 1. The average Bonchev–Trinajstić information content (AvgIpc) is 2.83. The molecule has 0 aliphatic carbocycles. The molecule has 0 bridgehead atoms. The van der Waals surface area contributed by atoms with Gasteiger partial charge in [-0.15, -0.1) is 0 Å². The summed E-state index contributed by atoms with van der Waals surface area (Å²) in [4.78, 5) is 24.4. The molecule has 1 amide bonds. The third-order valence-electron chi connectivity index (χ3n) is 4.86. The van der Waals surface area contributed by atoms with E-state index in [9.17, 15) is 9.59 Å². The number of anilines is 2. The quantitative estimate of drug-likeness (QED) is 0.350. The monoisotopic (exact) mass is 427 g/mol. The second-order valence-electron chi connectivity index (χ2n) is 6.92. The Kier molecular flexibility index (Phi) is 5.85. The fourth-order valence-electron chi connectivity index (χ4n) is 3.23. The van der Waals surface area contributed by atoms with Crippen molar-refractivity contribution < 1.29 is 9.53 Å². The van der Waals surface area contributed by atoms with Crippen molar-refractivity contribution in [3.05, 3.63) is 95.0 Å². The van der Waals surface area contributed by atoms with E-state index in [4.69, 9.17) is 10.5 Å². The Labute approximate surface area is 183 Å². The van der Waals surface area contributed by atoms with Crippen LogP contribution in [0.1, 0.15) is 0 Å². The number of benzene rings is 3. The van der Waals surface area contributed by atoms with Gasteiger partial charge in [0.15, 0.2) is 0 Å². The van der Waals surface area contributed by atoms with Crippen molar-refractivity contribution in [3.8, 4) is 17.0 Å². The van der Waals surface area contributed by atoms with Crippen LogP contribution in [0.25, 0.3) is 22.0 Å². The molecule has 0 radical (unpaired) electrons. The summed E-state index contributed by atoms with van der Waals surface area (Å²) >= 11 is 0. The number of H-pyrrole nitrogens is 1. The van der Waals surface area contributed by atoms with E-state index in [-0.39, 0.29) is 11.3 Å². The largest absolute Gasteiger partial charge is 0.495 e. The van der Waals surface area contributed by atoms with E-state index < -0.39 is 5.91 Å². The number of ether oxygens (including phenoxy) is 1. The highest BCUT2D eigenvalue weighted by atomic mass is 16.5. The summed E-state index contributed by atoms with van der Waals surface area (Å²) in [6.45, 7) is 0. The Balaban J connectivity index is 1.49. The first-order chi connectivity index (χ1) is 15.6. The maximum atomic E-state index is 12.4. The van der Waals surface area contributed by atoms with Crippen molar-refractivity contribution in [3.63, 3.8) is 0 Å². The molecule has 1 heterocycles. The molecule has 1 aromatic heterocycles. The van der Waals surface area contributed by atoms with Crippen molar-refractivity contribution in [1.29, 1.82) is 0 Å². The van der Waals surface area contributed by atoms with Crippen molar-refractivity contribution in [2.45, 2.75) is 0 Å². The normalized spacial score (nSPS) is 11.2. The number of nitrogens with one attached hydrogen (secondary N) is 3. The number of amides is 1. The number of carbonyl (C=O) groups excluding carboxylic acids is 1. The van der Waals surface area contributed by atoms with Crippen LogP contribution in [0.2, 0.25) is 0 Å². The molecule has 0 aliphatic rings. The Bertz CT molecular complexity index is 1360. The summed E-state index contributed by atoms with van der Waals surface area (Å²) in [6.07, 6.45) is 1.41. The minimum atomic E-state index is -0.451. The molecule has 0 atom stereocenters. The van der Waals surface area contributed by atoms with Crippen molar-refractivity contribution in [2.24, 2.45) is 5.73 Å². The lowest BCUT2D eigenvalue weighted by Gasteiger charge is -2.10. The maximum absolute atomic E-state index is 12.4. The predicted molar refractivity (Wildman–Crippen MR) is 125 cm³/mol. The molecule has 0 aliphatic heterocycles. The first kappa shape index (κ1) is 20.7. The summed E-state index contributed by atoms with van der Waals surface area (Å²) in [6, 6.07) is 21.7. The molecule has 4 rings (SSSR count). The van der Waals surface area contributed by atoms with Crippen LogP contribution < -0.4 is 26.7 Å². The second kappa shape index (κ2) is 9.05. The first-order valence-corrected chi connectivity index (χ1v) is 9.81. The van der Waals surface area contributed by atoms with E-state index in [0.29, 0.717) is 28.2 Å². The van der Waals surface area contributed by atoms with E-state index >= 15 is 0 Å². The lowest BCUT2D eigenvalue weighted by atomic mass is 10.0. The maximum Gasteiger partial charge on any atom is 0.273 e. The van der Waals surface area contributed by atoms with Gasteiger partial charge in [0, 0.05) is 22.8 Å². The fraction of sp³-hybridized carbons (Fsp3) is 0.0417. The number of aromatic nitrogens is 2. The van der Waals surface area contributed by atoms with Crippen molar-refractivity contribution >= 4 is 28.1 Å². The number of nitrogens with two attached hydrogens (primary N) is 1. The lowest BCUT2D eigenvalue weighted by Crippen LogP contribution is -2.21. The van der Waals surface area contributed by atoms with E-state index in [2.05, 4.69) is 20.8 Å². The van der Waals surface area contributed by atoms with E-state index in [1.807, 2.05) is 42.5 Å². The van der Waals surface area contributed by atoms with Crippen LogP contribution in [-0.4, -0.2) is 23.2 Å². The molecule has 0 spiro atoms. The van der Waals surface area contributed by atoms with Crippen LogP contribution in [-0.2, 0) is 4.79 Å². The smallest absolute Gasteiger partial charge is 0.273 e. The predicted octanol–water partition coefficient (Wildman–Crippen LogP) is 3.45. The van der Waals surface area contributed by atoms with Gasteiger partial charge in [-0.25, -0.2) is 5.10 Å². The zero-order chi connectivity index (χ0) is 22.5. The van der Waals surface area contributed by atoms with Gasteiger partial charge in [0.25, 0.3) is 11.5 Å². The summed E-state index contributed by atoms with van der Waals surface area (Å²) < 4.78 is 5.26. The lowest BCUT2D eigenvalue weighted by molar-refractivity contribution is -0.112. The number of para-hydroxylation sites is 2. The van der Waals surface area contributed by atoms with Gasteiger partial charge in [-0.05, 0) is 30.3 Å². The zero-order valence-corrected chi connectivity index (χ0v) is 17.3. The average molecular weight is 427 g/mol. The summed E-state index contributed by atoms with van der Waals surface area (Å²) in [5.41, 5.74) is 8.39. The molecule has 32 heavy (non-hydrogen) atoms. The fourth-order valence-corrected chi connectivity index (χ4v) is 3.23. The van der Waals surface area contributed by atoms with Crippen LogP contribution in [0.15, 0.2) is 89.5 Å². The van der Waals surface area contributed by atoms with E-state index in [1.54, 1.807) is 37.4 Å². The molecule has 0 saturated heterocycles. The molecule has 0 saturated carbocycles. The van der Waals surface area contributed by atoms with Crippen LogP contribution >= 0.6 is 0 Å². The molecular formula is C24H21N5O3. The minimum Gasteiger partial charge on any atom is -0.495 e. The van der Waals surface area contributed by atoms with Gasteiger partial charge in [-0.1, -0.05) is 42.5 Å². The van der Waals surface area contributed by atoms with Gasteiger partial charge in [0.2, 0.25) is 0 Å². The molecule has 5 N–H and O–H groups in total. The number of methoxy groups -OCH3 is 1. The van der Waals surface area contributed by atoms with Crippen LogP contribution in [0, 0.1) is 0 Å². The van der Waals surface area contributed by atoms with Crippen LogP contribution in [0.5, 0.6) is 5.75 Å². The number of hydrogen-bond acceptors (Lipinski definition) is 6. The summed E-state index contributed by atoms with van der Waals surface area (Å²) in [5, 5.41) is 13.8. The number of rotatable bonds is 6. The topological polar surface area (TPSA) is 122 Å². The van der Waals surface area contributed by atoms with Gasteiger partial charge in [-0.3, -0.25) is 9.59 Å². The number of carbonyl (C=O) groups is 1.